The molecule has 1 saturated heterocycles. The number of aromatic hydroxyl groups is 1. The van der Waals surface area contributed by atoms with Gasteiger partial charge in [-0.1, -0.05) is 0 Å². The second-order valence-corrected chi connectivity index (χ2v) is 4.98. The molecule has 0 radical (unpaired) electrons. The third kappa shape index (κ3) is 2.44. The predicted molar refractivity (Wildman–Crippen MR) is 67.9 cm³/mol. The van der Waals surface area contributed by atoms with Crippen LogP contribution in [-0.2, 0) is 4.74 Å². The summed E-state index contributed by atoms with van der Waals surface area (Å²) in [5, 5.41) is 12.9. The molecule has 2 N–H and O–H groups in total. The molecule has 2 atom stereocenters. The highest BCUT2D eigenvalue weighted by Gasteiger charge is 2.25. The number of phenolic OH excluding ortho intramolecular Hbond substituents is 1. The van der Waals surface area contributed by atoms with Crippen LogP contribution in [0.25, 0.3) is 0 Å². The Bertz CT molecular complexity index is 416. The van der Waals surface area contributed by atoms with Crippen LogP contribution < -0.4 is 10.1 Å². The summed E-state index contributed by atoms with van der Waals surface area (Å²) in [5.41, 5.74) is 1.13. The van der Waals surface area contributed by atoms with Crippen LogP contribution in [0.3, 0.4) is 0 Å². The van der Waals surface area contributed by atoms with E-state index in [-0.39, 0.29) is 11.8 Å². The first-order chi connectivity index (χ1) is 8.83. The number of ether oxygens (including phenoxy) is 2. The molecule has 1 fully saturated rings. The lowest BCUT2D eigenvalue weighted by Crippen LogP contribution is -2.34. The van der Waals surface area contributed by atoms with Gasteiger partial charge in [-0.05, 0) is 31.4 Å². The second-order valence-electron chi connectivity index (χ2n) is 4.98. The standard InChI is InChI=1S/C14H19NO3/c16-10-4-5-12-13(9-18-14(12)7-10)15-8-11-3-1-2-6-17-11/h4-5,7,11,13,15-16H,1-3,6,8-9H2. The summed E-state index contributed by atoms with van der Waals surface area (Å²) < 4.78 is 11.3. The van der Waals surface area contributed by atoms with Crippen molar-refractivity contribution in [2.45, 2.75) is 31.4 Å². The predicted octanol–water partition coefficient (Wildman–Crippen LogP) is 1.98. The van der Waals surface area contributed by atoms with E-state index < -0.39 is 0 Å². The summed E-state index contributed by atoms with van der Waals surface area (Å²) in [4.78, 5) is 0. The van der Waals surface area contributed by atoms with E-state index in [1.807, 2.05) is 6.07 Å². The van der Waals surface area contributed by atoms with Crippen molar-refractivity contribution in [2.24, 2.45) is 0 Å². The van der Waals surface area contributed by atoms with Gasteiger partial charge in [0.05, 0.1) is 12.1 Å². The molecule has 2 aliphatic heterocycles. The van der Waals surface area contributed by atoms with Crippen LogP contribution in [0.4, 0.5) is 0 Å². The Labute approximate surface area is 107 Å². The SMILES string of the molecule is Oc1ccc2c(c1)OCC2NCC1CCCCO1. The number of rotatable bonds is 3. The van der Waals surface area contributed by atoms with Crippen LogP contribution in [0, 0.1) is 0 Å². The van der Waals surface area contributed by atoms with E-state index in [9.17, 15) is 5.11 Å². The van der Waals surface area contributed by atoms with Crippen LogP contribution in [0.15, 0.2) is 18.2 Å². The third-order valence-corrected chi connectivity index (χ3v) is 3.64. The molecule has 2 unspecified atom stereocenters. The number of benzene rings is 1. The summed E-state index contributed by atoms with van der Waals surface area (Å²) in [6, 6.07) is 5.52. The van der Waals surface area contributed by atoms with Crippen molar-refractivity contribution in [2.75, 3.05) is 19.8 Å². The van der Waals surface area contributed by atoms with Gasteiger partial charge in [-0.3, -0.25) is 0 Å². The molecule has 2 aliphatic rings. The van der Waals surface area contributed by atoms with Crippen LogP contribution in [-0.4, -0.2) is 31.0 Å². The van der Waals surface area contributed by atoms with E-state index >= 15 is 0 Å². The van der Waals surface area contributed by atoms with Crippen molar-refractivity contribution in [3.8, 4) is 11.5 Å². The van der Waals surface area contributed by atoms with Crippen LogP contribution >= 0.6 is 0 Å². The lowest BCUT2D eigenvalue weighted by atomic mass is 10.1. The fourth-order valence-corrected chi connectivity index (χ4v) is 2.61. The Balaban J connectivity index is 1.59. The maximum absolute atomic E-state index is 9.40. The highest BCUT2D eigenvalue weighted by Crippen LogP contribution is 2.34. The molecule has 4 nitrogen and oxygen atoms in total. The summed E-state index contributed by atoms with van der Waals surface area (Å²) in [6.45, 7) is 2.39. The zero-order valence-corrected chi connectivity index (χ0v) is 10.4. The van der Waals surface area contributed by atoms with E-state index in [0.717, 1.165) is 30.9 Å². The van der Waals surface area contributed by atoms with Gasteiger partial charge in [0.25, 0.3) is 0 Å². The molecule has 0 bridgehead atoms. The van der Waals surface area contributed by atoms with Crippen molar-refractivity contribution in [3.63, 3.8) is 0 Å². The van der Waals surface area contributed by atoms with Gasteiger partial charge in [0.1, 0.15) is 18.1 Å². The number of nitrogens with one attached hydrogen (secondary N) is 1. The van der Waals surface area contributed by atoms with Gasteiger partial charge >= 0.3 is 0 Å². The van der Waals surface area contributed by atoms with E-state index in [0.29, 0.717) is 12.7 Å². The molecule has 3 rings (SSSR count). The highest BCUT2D eigenvalue weighted by atomic mass is 16.5. The van der Waals surface area contributed by atoms with Gasteiger partial charge in [0, 0.05) is 24.8 Å². The molecule has 18 heavy (non-hydrogen) atoms. The Hall–Kier alpha value is -1.26. The summed E-state index contributed by atoms with van der Waals surface area (Å²) in [7, 11) is 0. The molecule has 0 saturated carbocycles. The summed E-state index contributed by atoms with van der Waals surface area (Å²) in [6.07, 6.45) is 3.92. The minimum atomic E-state index is 0.214. The number of phenols is 1. The van der Waals surface area contributed by atoms with Gasteiger partial charge < -0.3 is 19.9 Å². The molecule has 1 aromatic rings. The molecule has 0 amide bonds. The third-order valence-electron chi connectivity index (χ3n) is 3.64. The maximum Gasteiger partial charge on any atom is 0.127 e. The van der Waals surface area contributed by atoms with Crippen LogP contribution in [0.5, 0.6) is 11.5 Å². The first-order valence-electron chi connectivity index (χ1n) is 6.63. The summed E-state index contributed by atoms with van der Waals surface area (Å²) >= 11 is 0. The van der Waals surface area contributed by atoms with Crippen molar-refractivity contribution < 1.29 is 14.6 Å². The van der Waals surface area contributed by atoms with E-state index in [4.69, 9.17) is 9.47 Å². The molecule has 0 spiro atoms. The second kappa shape index (κ2) is 5.16. The minimum Gasteiger partial charge on any atom is -0.508 e. The molecule has 4 heteroatoms. The topological polar surface area (TPSA) is 50.7 Å². The molecule has 2 heterocycles. The molecule has 98 valence electrons. The van der Waals surface area contributed by atoms with Crippen molar-refractivity contribution in [3.05, 3.63) is 23.8 Å². The van der Waals surface area contributed by atoms with Gasteiger partial charge in [-0.15, -0.1) is 0 Å². The molecular weight excluding hydrogens is 230 g/mol. The number of hydrogen-bond acceptors (Lipinski definition) is 4. The first-order valence-corrected chi connectivity index (χ1v) is 6.63. The van der Waals surface area contributed by atoms with Crippen molar-refractivity contribution in [1.82, 2.24) is 5.32 Å². The molecule has 1 aromatic carbocycles. The van der Waals surface area contributed by atoms with E-state index in [1.165, 1.54) is 12.8 Å². The monoisotopic (exact) mass is 249 g/mol. The largest absolute Gasteiger partial charge is 0.508 e. The van der Waals surface area contributed by atoms with E-state index in [1.54, 1.807) is 12.1 Å². The van der Waals surface area contributed by atoms with Crippen LogP contribution in [0.2, 0.25) is 0 Å². The average molecular weight is 249 g/mol. The van der Waals surface area contributed by atoms with Crippen molar-refractivity contribution >= 4 is 0 Å². The average Bonchev–Trinajstić information content (AvgIpc) is 2.80. The highest BCUT2D eigenvalue weighted by molar-refractivity contribution is 5.44. The fraction of sp³-hybridized carbons (Fsp3) is 0.571. The Morgan fingerprint density at radius 1 is 1.33 bits per heavy atom. The lowest BCUT2D eigenvalue weighted by Gasteiger charge is -2.24. The fourth-order valence-electron chi connectivity index (χ4n) is 2.61. The van der Waals surface area contributed by atoms with E-state index in [2.05, 4.69) is 5.32 Å². The minimum absolute atomic E-state index is 0.214. The zero-order chi connectivity index (χ0) is 12.4. The van der Waals surface area contributed by atoms with Gasteiger partial charge in [-0.25, -0.2) is 0 Å². The van der Waals surface area contributed by atoms with Gasteiger partial charge in [0.2, 0.25) is 0 Å². The first kappa shape index (κ1) is 11.8. The van der Waals surface area contributed by atoms with Gasteiger partial charge in [-0.2, -0.15) is 0 Å². The lowest BCUT2D eigenvalue weighted by molar-refractivity contribution is 0.0150. The number of fused-ring (bicyclic) bond motifs is 1. The Morgan fingerprint density at radius 3 is 3.11 bits per heavy atom. The van der Waals surface area contributed by atoms with Crippen LogP contribution in [0.1, 0.15) is 30.9 Å². The summed E-state index contributed by atoms with van der Waals surface area (Å²) in [5.74, 6) is 1.04. The normalized spacial score (nSPS) is 26.7. The quantitative estimate of drug-likeness (QED) is 0.860. The Kier molecular flexibility index (Phi) is 3.39. The van der Waals surface area contributed by atoms with Crippen molar-refractivity contribution in [1.29, 1.82) is 0 Å². The smallest absolute Gasteiger partial charge is 0.127 e. The maximum atomic E-state index is 9.40. The zero-order valence-electron chi connectivity index (χ0n) is 10.4. The van der Waals surface area contributed by atoms with Gasteiger partial charge in [0.15, 0.2) is 0 Å². The Morgan fingerprint density at radius 2 is 2.28 bits per heavy atom. The molecular formula is C14H19NO3. The molecule has 0 aliphatic carbocycles. The number of hydrogen-bond donors (Lipinski definition) is 2. The molecule has 0 aromatic heterocycles.